The van der Waals surface area contributed by atoms with E-state index in [-0.39, 0.29) is 11.7 Å². The molecule has 0 atom stereocenters. The lowest BCUT2D eigenvalue weighted by molar-refractivity contribution is -0.136. The fourth-order valence-electron chi connectivity index (χ4n) is 1.48. The second kappa shape index (κ2) is 5.08. The van der Waals surface area contributed by atoms with E-state index in [1.165, 1.54) is 0 Å². The van der Waals surface area contributed by atoms with Crippen molar-refractivity contribution >= 4 is 23.5 Å². The van der Waals surface area contributed by atoms with E-state index in [1.54, 1.807) is 22.7 Å². The number of hydrogen-bond acceptors (Lipinski definition) is 3. The number of nitrogens with zero attached hydrogens (tertiary/aromatic N) is 1. The van der Waals surface area contributed by atoms with Crippen molar-refractivity contribution in [3.63, 3.8) is 0 Å². The van der Waals surface area contributed by atoms with Crippen LogP contribution in [0.5, 0.6) is 0 Å². The van der Waals surface area contributed by atoms with Gasteiger partial charge in [0.1, 0.15) is 0 Å². The first-order valence-electron chi connectivity index (χ1n) is 6.24. The van der Waals surface area contributed by atoms with Gasteiger partial charge in [0.05, 0.1) is 5.03 Å². The van der Waals surface area contributed by atoms with Crippen LogP contribution in [-0.4, -0.2) is 28.9 Å². The fraction of sp³-hybridized carbons (Fsp3) is 0.714. The Bertz CT molecular complexity index is 386. The average Bonchev–Trinajstić information content (AvgIpc) is 2.61. The maximum Gasteiger partial charge on any atom is 0.232 e. The van der Waals surface area contributed by atoms with E-state index in [1.807, 2.05) is 41.5 Å². The molecule has 0 bridgehead atoms. The highest BCUT2D eigenvalue weighted by Crippen LogP contribution is 2.33. The second-order valence-electron chi connectivity index (χ2n) is 6.65. The predicted octanol–water partition coefficient (Wildman–Crippen LogP) is 3.06. The number of allylic oxidation sites excluding steroid dienone is 1. The van der Waals surface area contributed by atoms with Gasteiger partial charge in [-0.1, -0.05) is 41.5 Å². The summed E-state index contributed by atoms with van der Waals surface area (Å²) in [6, 6.07) is 0. The highest BCUT2D eigenvalue weighted by molar-refractivity contribution is 8.03. The van der Waals surface area contributed by atoms with E-state index < -0.39 is 10.8 Å². The number of rotatable bonds is 1. The molecule has 0 aromatic carbocycles. The molecule has 0 unspecified atom stereocenters. The summed E-state index contributed by atoms with van der Waals surface area (Å²) in [5, 5.41) is 0.801. The maximum absolute atomic E-state index is 12.3. The van der Waals surface area contributed by atoms with Gasteiger partial charge in [0.25, 0.3) is 0 Å². The number of amides is 1. The van der Waals surface area contributed by atoms with Crippen molar-refractivity contribution in [3.05, 3.63) is 11.1 Å². The van der Waals surface area contributed by atoms with Gasteiger partial charge in [-0.2, -0.15) is 0 Å². The van der Waals surface area contributed by atoms with Crippen molar-refractivity contribution < 1.29 is 9.59 Å². The van der Waals surface area contributed by atoms with E-state index in [0.717, 1.165) is 10.8 Å². The molecular formula is C14H23NO2S. The Kier molecular flexibility index (Phi) is 4.31. The van der Waals surface area contributed by atoms with E-state index >= 15 is 0 Å². The highest BCUT2D eigenvalue weighted by atomic mass is 32.2. The summed E-state index contributed by atoms with van der Waals surface area (Å²) in [5.74, 6) is 1.02. The summed E-state index contributed by atoms with van der Waals surface area (Å²) in [6.45, 7) is 12.1. The summed E-state index contributed by atoms with van der Waals surface area (Å²) in [5.41, 5.74) is -0.804. The van der Waals surface area contributed by atoms with E-state index in [0.29, 0.717) is 6.54 Å². The smallest absolute Gasteiger partial charge is 0.232 e. The Morgan fingerprint density at radius 2 is 1.67 bits per heavy atom. The SMILES string of the molecule is CC(C)(C)C(=O)/C=C1\SCCN1C(=O)C(C)(C)C. The summed E-state index contributed by atoms with van der Waals surface area (Å²) in [6.07, 6.45) is 1.63. The lowest BCUT2D eigenvalue weighted by atomic mass is 9.90. The van der Waals surface area contributed by atoms with Crippen molar-refractivity contribution in [2.24, 2.45) is 10.8 Å². The van der Waals surface area contributed by atoms with Crippen LogP contribution >= 0.6 is 11.8 Å². The van der Waals surface area contributed by atoms with Crippen LogP contribution in [-0.2, 0) is 9.59 Å². The molecule has 1 aliphatic rings. The van der Waals surface area contributed by atoms with E-state index in [4.69, 9.17) is 0 Å². The number of ketones is 1. The standard InChI is InChI=1S/C14H23NO2S/c1-13(2,3)10(16)9-11-15(7-8-18-11)12(17)14(4,5)6/h9H,7-8H2,1-6H3/b11-9-. The molecule has 0 radical (unpaired) electrons. The molecular weight excluding hydrogens is 246 g/mol. The Labute approximate surface area is 114 Å². The molecule has 1 fully saturated rings. The molecule has 4 heteroatoms. The minimum atomic E-state index is -0.408. The first-order chi connectivity index (χ1) is 8.03. The van der Waals surface area contributed by atoms with E-state index in [9.17, 15) is 9.59 Å². The number of hydrogen-bond donors (Lipinski definition) is 0. The zero-order chi connectivity index (χ0) is 14.1. The van der Waals surface area contributed by atoms with Crippen LogP contribution in [0.15, 0.2) is 11.1 Å². The molecule has 1 heterocycles. The molecule has 1 aliphatic heterocycles. The van der Waals surface area contributed by atoms with Crippen LogP contribution in [0.1, 0.15) is 41.5 Å². The number of carbonyl (C=O) groups excluding carboxylic acids is 2. The van der Waals surface area contributed by atoms with Crippen molar-refractivity contribution in [2.75, 3.05) is 12.3 Å². The molecule has 0 saturated carbocycles. The van der Waals surface area contributed by atoms with Crippen LogP contribution in [0.25, 0.3) is 0 Å². The van der Waals surface area contributed by atoms with Crippen molar-refractivity contribution in [3.8, 4) is 0 Å². The zero-order valence-electron chi connectivity index (χ0n) is 12.2. The maximum atomic E-state index is 12.3. The van der Waals surface area contributed by atoms with Gasteiger partial charge in [-0.3, -0.25) is 9.59 Å². The normalized spacial score (nSPS) is 19.4. The summed E-state index contributed by atoms with van der Waals surface area (Å²) in [4.78, 5) is 26.0. The quantitative estimate of drug-likeness (QED) is 0.687. The highest BCUT2D eigenvalue weighted by Gasteiger charge is 2.33. The van der Waals surface area contributed by atoms with Gasteiger partial charge < -0.3 is 4.90 Å². The predicted molar refractivity (Wildman–Crippen MR) is 76.2 cm³/mol. The van der Waals surface area contributed by atoms with Gasteiger partial charge in [0.15, 0.2) is 5.78 Å². The van der Waals surface area contributed by atoms with Crippen molar-refractivity contribution in [1.29, 1.82) is 0 Å². The molecule has 102 valence electrons. The van der Waals surface area contributed by atoms with E-state index in [2.05, 4.69) is 0 Å². The topological polar surface area (TPSA) is 37.4 Å². The van der Waals surface area contributed by atoms with Gasteiger partial charge in [-0.05, 0) is 0 Å². The Hall–Kier alpha value is -0.770. The van der Waals surface area contributed by atoms with Crippen LogP contribution in [0, 0.1) is 10.8 Å². The third-order valence-electron chi connectivity index (χ3n) is 2.71. The van der Waals surface area contributed by atoms with Gasteiger partial charge in [-0.15, -0.1) is 11.8 Å². The average molecular weight is 269 g/mol. The summed E-state index contributed by atoms with van der Waals surface area (Å²) in [7, 11) is 0. The van der Waals surface area contributed by atoms with Gasteiger partial charge in [0.2, 0.25) is 5.91 Å². The third kappa shape index (κ3) is 3.61. The zero-order valence-corrected chi connectivity index (χ0v) is 13.0. The molecule has 1 rings (SSSR count). The number of thioether (sulfide) groups is 1. The molecule has 0 spiro atoms. The monoisotopic (exact) mass is 269 g/mol. The third-order valence-corrected chi connectivity index (χ3v) is 3.73. The van der Waals surface area contributed by atoms with Crippen LogP contribution in [0.4, 0.5) is 0 Å². The van der Waals surface area contributed by atoms with Crippen molar-refractivity contribution in [1.82, 2.24) is 4.90 Å². The summed E-state index contributed by atoms with van der Waals surface area (Å²) >= 11 is 1.58. The molecule has 18 heavy (non-hydrogen) atoms. The molecule has 0 aliphatic carbocycles. The Morgan fingerprint density at radius 3 is 2.11 bits per heavy atom. The molecule has 1 amide bonds. The minimum absolute atomic E-state index is 0.0682. The molecule has 0 N–H and O–H groups in total. The van der Waals surface area contributed by atoms with Crippen LogP contribution in [0.2, 0.25) is 0 Å². The largest absolute Gasteiger partial charge is 0.305 e. The van der Waals surface area contributed by atoms with Gasteiger partial charge in [-0.25, -0.2) is 0 Å². The summed E-state index contributed by atoms with van der Waals surface area (Å²) < 4.78 is 0. The molecule has 1 saturated heterocycles. The first kappa shape index (κ1) is 15.3. The van der Waals surface area contributed by atoms with Crippen LogP contribution < -0.4 is 0 Å². The molecule has 0 aromatic heterocycles. The lowest BCUT2D eigenvalue weighted by Gasteiger charge is -2.26. The van der Waals surface area contributed by atoms with Crippen LogP contribution in [0.3, 0.4) is 0 Å². The van der Waals surface area contributed by atoms with Gasteiger partial charge >= 0.3 is 0 Å². The van der Waals surface area contributed by atoms with Crippen molar-refractivity contribution in [2.45, 2.75) is 41.5 Å². The second-order valence-corrected chi connectivity index (χ2v) is 7.77. The first-order valence-corrected chi connectivity index (χ1v) is 7.23. The molecule has 3 nitrogen and oxygen atoms in total. The Morgan fingerprint density at radius 1 is 1.11 bits per heavy atom. The Balaban J connectivity index is 2.93. The van der Waals surface area contributed by atoms with Gasteiger partial charge in [0, 0.05) is 29.2 Å². The molecule has 0 aromatic rings. The number of carbonyl (C=O) groups is 2. The fourth-order valence-corrected chi connectivity index (χ4v) is 2.49. The lowest BCUT2D eigenvalue weighted by Crippen LogP contribution is -2.37. The minimum Gasteiger partial charge on any atom is -0.305 e.